The number of amides is 1. The normalized spacial score (nSPS) is 15.7. The van der Waals surface area contributed by atoms with Crippen LogP contribution in [-0.2, 0) is 16.8 Å². The Kier molecular flexibility index (Phi) is 7.89. The molecule has 0 atom stereocenters. The standard InChI is InChI=1S/C29H29ClFNO3/c1-35-27-14-8-21(19-26(27)31)7-9-23(22-10-12-25(30)13-11-22)20-28(33)32-17-15-29(34,16-18-32)24-5-3-2-4-6-24/h2-6,8,10-14,19-20,34H,7,9,15-18H2,1H3/b23-20-. The first-order chi connectivity index (χ1) is 16.9. The van der Waals surface area contributed by atoms with Crippen molar-refractivity contribution in [1.82, 2.24) is 4.90 Å². The third-order valence-electron chi connectivity index (χ3n) is 6.63. The fraction of sp³-hybridized carbons (Fsp3) is 0.276. The van der Waals surface area contributed by atoms with Crippen LogP contribution in [0, 0.1) is 5.82 Å². The van der Waals surface area contributed by atoms with E-state index in [0.29, 0.717) is 43.8 Å². The summed E-state index contributed by atoms with van der Waals surface area (Å²) in [5.74, 6) is -0.291. The average molecular weight is 494 g/mol. The second kappa shape index (κ2) is 11.1. The Balaban J connectivity index is 1.49. The number of halogens is 2. The van der Waals surface area contributed by atoms with Crippen LogP contribution in [0.3, 0.4) is 0 Å². The predicted molar refractivity (Wildman–Crippen MR) is 137 cm³/mol. The van der Waals surface area contributed by atoms with Gasteiger partial charge in [-0.1, -0.05) is 60.1 Å². The monoisotopic (exact) mass is 493 g/mol. The number of benzene rings is 3. The predicted octanol–water partition coefficient (Wildman–Crippen LogP) is 6.01. The van der Waals surface area contributed by atoms with Crippen LogP contribution < -0.4 is 4.74 Å². The number of rotatable bonds is 7. The van der Waals surface area contributed by atoms with Gasteiger partial charge in [0.05, 0.1) is 12.7 Å². The molecule has 35 heavy (non-hydrogen) atoms. The number of carbonyl (C=O) groups excluding carboxylic acids is 1. The van der Waals surface area contributed by atoms with Crippen LogP contribution in [0.2, 0.25) is 5.02 Å². The Morgan fingerprint density at radius 1 is 1.09 bits per heavy atom. The molecule has 1 aliphatic rings. The topological polar surface area (TPSA) is 49.8 Å². The van der Waals surface area contributed by atoms with E-state index in [0.717, 1.165) is 22.3 Å². The molecule has 1 fully saturated rings. The molecule has 1 N–H and O–H groups in total. The number of carbonyl (C=O) groups is 1. The van der Waals surface area contributed by atoms with Crippen LogP contribution >= 0.6 is 11.6 Å². The van der Waals surface area contributed by atoms with Gasteiger partial charge < -0.3 is 14.7 Å². The third kappa shape index (κ3) is 6.11. The average Bonchev–Trinajstić information content (AvgIpc) is 2.88. The zero-order valence-electron chi connectivity index (χ0n) is 19.7. The van der Waals surface area contributed by atoms with Crippen molar-refractivity contribution >= 4 is 23.1 Å². The molecule has 1 aliphatic heterocycles. The van der Waals surface area contributed by atoms with Crippen molar-refractivity contribution in [3.05, 3.63) is 106 Å². The van der Waals surface area contributed by atoms with E-state index >= 15 is 0 Å². The molecule has 1 heterocycles. The largest absolute Gasteiger partial charge is 0.494 e. The summed E-state index contributed by atoms with van der Waals surface area (Å²) < 4.78 is 19.1. The van der Waals surface area contributed by atoms with Gasteiger partial charge >= 0.3 is 0 Å². The van der Waals surface area contributed by atoms with E-state index in [1.165, 1.54) is 13.2 Å². The minimum absolute atomic E-state index is 0.0917. The molecule has 4 nitrogen and oxygen atoms in total. The maximum Gasteiger partial charge on any atom is 0.246 e. The van der Waals surface area contributed by atoms with Crippen molar-refractivity contribution in [1.29, 1.82) is 0 Å². The lowest BCUT2D eigenvalue weighted by molar-refractivity contribution is -0.130. The first kappa shape index (κ1) is 25.0. The number of nitrogens with zero attached hydrogens (tertiary/aromatic N) is 1. The highest BCUT2D eigenvalue weighted by atomic mass is 35.5. The van der Waals surface area contributed by atoms with E-state index in [4.69, 9.17) is 16.3 Å². The summed E-state index contributed by atoms with van der Waals surface area (Å²) >= 11 is 6.07. The van der Waals surface area contributed by atoms with Crippen molar-refractivity contribution in [3.63, 3.8) is 0 Å². The van der Waals surface area contributed by atoms with Crippen LogP contribution in [-0.4, -0.2) is 36.1 Å². The Morgan fingerprint density at radius 2 is 1.77 bits per heavy atom. The minimum atomic E-state index is -0.917. The molecule has 3 aromatic rings. The number of allylic oxidation sites excluding steroid dienone is 1. The Bertz CT molecular complexity index is 1190. The first-order valence-corrected chi connectivity index (χ1v) is 12.1. The number of ether oxygens (including phenoxy) is 1. The van der Waals surface area contributed by atoms with E-state index in [-0.39, 0.29) is 11.7 Å². The Labute approximate surface area is 210 Å². The molecule has 0 aromatic heterocycles. The highest BCUT2D eigenvalue weighted by Gasteiger charge is 2.35. The lowest BCUT2D eigenvalue weighted by Crippen LogP contribution is -2.44. The first-order valence-electron chi connectivity index (χ1n) is 11.7. The van der Waals surface area contributed by atoms with Crippen LogP contribution in [0.25, 0.3) is 5.57 Å². The zero-order valence-corrected chi connectivity index (χ0v) is 20.5. The van der Waals surface area contributed by atoms with Crippen molar-refractivity contribution in [2.24, 2.45) is 0 Å². The smallest absolute Gasteiger partial charge is 0.246 e. The fourth-order valence-corrected chi connectivity index (χ4v) is 4.61. The maximum atomic E-state index is 14.1. The van der Waals surface area contributed by atoms with Gasteiger partial charge in [-0.15, -0.1) is 0 Å². The van der Waals surface area contributed by atoms with Gasteiger partial charge in [-0.3, -0.25) is 4.79 Å². The van der Waals surface area contributed by atoms with Crippen LogP contribution in [0.15, 0.2) is 78.9 Å². The molecule has 0 spiro atoms. The van der Waals surface area contributed by atoms with E-state index < -0.39 is 11.4 Å². The molecule has 0 saturated carbocycles. The van der Waals surface area contributed by atoms with Gasteiger partial charge in [0, 0.05) is 24.2 Å². The SMILES string of the molecule is COc1ccc(CC/C(=C/C(=O)N2CCC(O)(c3ccccc3)CC2)c2ccc(Cl)cc2)cc1F. The molecule has 1 amide bonds. The van der Waals surface area contributed by atoms with Gasteiger partial charge in [0.15, 0.2) is 11.6 Å². The third-order valence-corrected chi connectivity index (χ3v) is 6.88. The van der Waals surface area contributed by atoms with Gasteiger partial charge in [-0.05, 0) is 72.2 Å². The highest BCUT2D eigenvalue weighted by molar-refractivity contribution is 6.30. The molecule has 4 rings (SSSR count). The number of hydrogen-bond acceptors (Lipinski definition) is 3. The van der Waals surface area contributed by atoms with Gasteiger partial charge in [0.25, 0.3) is 0 Å². The molecular weight excluding hydrogens is 465 g/mol. The molecule has 1 saturated heterocycles. The number of aryl methyl sites for hydroxylation is 1. The zero-order chi connectivity index (χ0) is 24.8. The van der Waals surface area contributed by atoms with Crippen molar-refractivity contribution in [3.8, 4) is 5.75 Å². The molecule has 3 aromatic carbocycles. The highest BCUT2D eigenvalue weighted by Crippen LogP contribution is 2.33. The minimum Gasteiger partial charge on any atom is -0.494 e. The van der Waals surface area contributed by atoms with E-state index in [1.54, 1.807) is 29.2 Å². The number of hydrogen-bond donors (Lipinski definition) is 1. The molecule has 0 radical (unpaired) electrons. The molecule has 182 valence electrons. The van der Waals surface area contributed by atoms with Gasteiger partial charge in [0.1, 0.15) is 0 Å². The second-order valence-electron chi connectivity index (χ2n) is 8.87. The fourth-order valence-electron chi connectivity index (χ4n) is 4.48. The Hall–Kier alpha value is -3.15. The summed E-state index contributed by atoms with van der Waals surface area (Å²) in [5.41, 5.74) is 2.54. The summed E-state index contributed by atoms with van der Waals surface area (Å²) in [7, 11) is 1.44. The van der Waals surface area contributed by atoms with Gasteiger partial charge in [-0.2, -0.15) is 0 Å². The maximum absolute atomic E-state index is 14.1. The van der Waals surface area contributed by atoms with E-state index in [2.05, 4.69) is 0 Å². The summed E-state index contributed by atoms with van der Waals surface area (Å²) in [6, 6.07) is 21.9. The lowest BCUT2D eigenvalue weighted by atomic mass is 9.84. The van der Waals surface area contributed by atoms with Crippen molar-refractivity contribution in [2.45, 2.75) is 31.3 Å². The molecule has 0 aliphatic carbocycles. The molecule has 0 bridgehead atoms. The number of methoxy groups -OCH3 is 1. The van der Waals surface area contributed by atoms with Crippen molar-refractivity contribution in [2.75, 3.05) is 20.2 Å². The van der Waals surface area contributed by atoms with E-state index in [1.807, 2.05) is 48.5 Å². The van der Waals surface area contributed by atoms with Crippen LogP contribution in [0.1, 0.15) is 36.0 Å². The quantitative estimate of drug-likeness (QED) is 0.410. The van der Waals surface area contributed by atoms with Crippen LogP contribution in [0.4, 0.5) is 4.39 Å². The summed E-state index contributed by atoms with van der Waals surface area (Å²) in [6.45, 7) is 0.941. The second-order valence-corrected chi connectivity index (χ2v) is 9.30. The summed E-state index contributed by atoms with van der Waals surface area (Å²) in [5, 5.41) is 11.7. The number of piperidine rings is 1. The van der Waals surface area contributed by atoms with Gasteiger partial charge in [-0.25, -0.2) is 4.39 Å². The molecule has 6 heteroatoms. The summed E-state index contributed by atoms with van der Waals surface area (Å²) in [6.07, 6.45) is 3.75. The number of likely N-dealkylation sites (tertiary alicyclic amines) is 1. The molecule has 0 unspecified atom stereocenters. The Morgan fingerprint density at radius 3 is 2.40 bits per heavy atom. The number of aliphatic hydroxyl groups is 1. The summed E-state index contributed by atoms with van der Waals surface area (Å²) in [4.78, 5) is 15.0. The molecular formula is C29H29ClFNO3. The van der Waals surface area contributed by atoms with Crippen molar-refractivity contribution < 1.29 is 19.0 Å². The van der Waals surface area contributed by atoms with Crippen LogP contribution in [0.5, 0.6) is 5.75 Å². The van der Waals surface area contributed by atoms with E-state index in [9.17, 15) is 14.3 Å². The van der Waals surface area contributed by atoms with Gasteiger partial charge in [0.2, 0.25) is 5.91 Å². The lowest BCUT2D eigenvalue weighted by Gasteiger charge is -2.38.